The van der Waals surface area contributed by atoms with Gasteiger partial charge in [0.25, 0.3) is 0 Å². The molecule has 0 bridgehead atoms. The molecule has 66 valence electrons. The predicted octanol–water partition coefficient (Wildman–Crippen LogP) is 2.17. The summed E-state index contributed by atoms with van der Waals surface area (Å²) in [6.07, 6.45) is 1.85. The molecule has 0 saturated heterocycles. The smallest absolute Gasteiger partial charge is 0.105 e. The first-order valence-electron chi connectivity index (χ1n) is 4.11. The highest BCUT2D eigenvalue weighted by molar-refractivity contribution is 5.19. The van der Waals surface area contributed by atoms with E-state index in [4.69, 9.17) is 4.42 Å². The molecular formula is C10H15NO. The zero-order chi connectivity index (χ0) is 8.97. The van der Waals surface area contributed by atoms with Crippen molar-refractivity contribution in [2.24, 2.45) is 0 Å². The lowest BCUT2D eigenvalue weighted by Gasteiger charge is -1.98. The van der Waals surface area contributed by atoms with Crippen LogP contribution in [0, 0.1) is 13.8 Å². The second-order valence-electron chi connectivity index (χ2n) is 2.86. The highest BCUT2D eigenvalue weighted by Crippen LogP contribution is 2.12. The van der Waals surface area contributed by atoms with E-state index in [0.29, 0.717) is 0 Å². The van der Waals surface area contributed by atoms with Crippen molar-refractivity contribution in [3.05, 3.63) is 35.8 Å². The minimum absolute atomic E-state index is 0.837. The highest BCUT2D eigenvalue weighted by atomic mass is 16.3. The SMILES string of the molecule is C=CCNCc1cc(C)oc1C. The van der Waals surface area contributed by atoms with Crippen LogP contribution in [0.1, 0.15) is 17.1 Å². The molecule has 0 radical (unpaired) electrons. The van der Waals surface area contributed by atoms with E-state index in [-0.39, 0.29) is 0 Å². The minimum Gasteiger partial charge on any atom is -0.466 e. The summed E-state index contributed by atoms with van der Waals surface area (Å²) in [5, 5.41) is 3.23. The summed E-state index contributed by atoms with van der Waals surface area (Å²) in [5.74, 6) is 1.98. The molecule has 0 spiro atoms. The summed E-state index contributed by atoms with van der Waals surface area (Å²) in [7, 11) is 0. The maximum absolute atomic E-state index is 5.38. The zero-order valence-electron chi connectivity index (χ0n) is 7.68. The Morgan fingerprint density at radius 3 is 2.83 bits per heavy atom. The molecule has 1 heterocycles. The molecule has 0 aliphatic heterocycles. The van der Waals surface area contributed by atoms with Crippen molar-refractivity contribution >= 4 is 0 Å². The van der Waals surface area contributed by atoms with E-state index >= 15 is 0 Å². The number of nitrogens with one attached hydrogen (secondary N) is 1. The van der Waals surface area contributed by atoms with Gasteiger partial charge in [0.05, 0.1) is 0 Å². The molecule has 0 fully saturated rings. The Hall–Kier alpha value is -1.02. The van der Waals surface area contributed by atoms with Gasteiger partial charge in [-0.25, -0.2) is 0 Å². The molecule has 2 nitrogen and oxygen atoms in total. The molecule has 0 aliphatic carbocycles. The Morgan fingerprint density at radius 1 is 1.58 bits per heavy atom. The van der Waals surface area contributed by atoms with Crippen molar-refractivity contribution in [1.82, 2.24) is 5.32 Å². The van der Waals surface area contributed by atoms with Crippen LogP contribution in [0.2, 0.25) is 0 Å². The first kappa shape index (κ1) is 9.07. The van der Waals surface area contributed by atoms with Gasteiger partial charge in [0, 0.05) is 18.7 Å². The Bertz CT molecular complexity index is 263. The molecule has 1 rings (SSSR count). The van der Waals surface area contributed by atoms with Gasteiger partial charge in [-0.3, -0.25) is 0 Å². The van der Waals surface area contributed by atoms with E-state index in [1.54, 1.807) is 0 Å². The van der Waals surface area contributed by atoms with Crippen LogP contribution in [0.3, 0.4) is 0 Å². The van der Waals surface area contributed by atoms with Crippen molar-refractivity contribution in [2.45, 2.75) is 20.4 Å². The summed E-state index contributed by atoms with van der Waals surface area (Å²) in [5.41, 5.74) is 1.23. The standard InChI is InChI=1S/C10H15NO/c1-4-5-11-7-10-6-8(2)12-9(10)3/h4,6,11H,1,5,7H2,2-3H3. The maximum Gasteiger partial charge on any atom is 0.105 e. The third-order valence-electron chi connectivity index (χ3n) is 1.75. The average molecular weight is 165 g/mol. The van der Waals surface area contributed by atoms with Crippen LogP contribution in [0.4, 0.5) is 0 Å². The second kappa shape index (κ2) is 4.12. The number of rotatable bonds is 4. The lowest BCUT2D eigenvalue weighted by atomic mass is 10.2. The van der Waals surface area contributed by atoms with Crippen molar-refractivity contribution in [1.29, 1.82) is 0 Å². The van der Waals surface area contributed by atoms with E-state index < -0.39 is 0 Å². The number of aryl methyl sites for hydroxylation is 2. The summed E-state index contributed by atoms with van der Waals surface area (Å²) < 4.78 is 5.38. The maximum atomic E-state index is 5.38. The number of furan rings is 1. The van der Waals surface area contributed by atoms with Gasteiger partial charge in [-0.1, -0.05) is 6.08 Å². The van der Waals surface area contributed by atoms with E-state index in [2.05, 4.69) is 18.0 Å². The monoisotopic (exact) mass is 165 g/mol. The van der Waals surface area contributed by atoms with Crippen molar-refractivity contribution in [2.75, 3.05) is 6.54 Å². The molecule has 1 aromatic rings. The number of hydrogen-bond acceptors (Lipinski definition) is 2. The van der Waals surface area contributed by atoms with E-state index in [9.17, 15) is 0 Å². The van der Waals surface area contributed by atoms with Crippen LogP contribution in [-0.4, -0.2) is 6.54 Å². The molecule has 0 amide bonds. The van der Waals surface area contributed by atoms with Crippen molar-refractivity contribution in [3.8, 4) is 0 Å². The van der Waals surface area contributed by atoms with E-state index in [1.165, 1.54) is 5.56 Å². The van der Waals surface area contributed by atoms with Crippen LogP contribution < -0.4 is 5.32 Å². The van der Waals surface area contributed by atoms with Crippen molar-refractivity contribution in [3.63, 3.8) is 0 Å². The lowest BCUT2D eigenvalue weighted by molar-refractivity contribution is 0.499. The molecule has 0 aliphatic rings. The molecule has 1 N–H and O–H groups in total. The summed E-state index contributed by atoms with van der Waals surface area (Å²) in [6.45, 7) is 9.27. The molecule has 2 heteroatoms. The van der Waals surface area contributed by atoms with Gasteiger partial charge in [0.15, 0.2) is 0 Å². The third-order valence-corrected chi connectivity index (χ3v) is 1.75. The highest BCUT2D eigenvalue weighted by Gasteiger charge is 2.02. The second-order valence-corrected chi connectivity index (χ2v) is 2.86. The van der Waals surface area contributed by atoms with Crippen LogP contribution in [-0.2, 0) is 6.54 Å². The zero-order valence-corrected chi connectivity index (χ0v) is 7.68. The van der Waals surface area contributed by atoms with Crippen LogP contribution >= 0.6 is 0 Å². The molecule has 0 aromatic carbocycles. The molecule has 0 unspecified atom stereocenters. The molecule has 0 atom stereocenters. The Kier molecular flexibility index (Phi) is 3.11. The Balaban J connectivity index is 2.50. The van der Waals surface area contributed by atoms with Gasteiger partial charge in [0.2, 0.25) is 0 Å². The molecule has 1 aromatic heterocycles. The fourth-order valence-electron chi connectivity index (χ4n) is 1.17. The van der Waals surface area contributed by atoms with E-state index in [0.717, 1.165) is 24.6 Å². The number of hydrogen-bond donors (Lipinski definition) is 1. The molecular weight excluding hydrogens is 150 g/mol. The summed E-state index contributed by atoms with van der Waals surface area (Å²) in [6, 6.07) is 2.06. The first-order chi connectivity index (χ1) is 5.74. The van der Waals surface area contributed by atoms with Crippen molar-refractivity contribution < 1.29 is 4.42 Å². The summed E-state index contributed by atoms with van der Waals surface area (Å²) >= 11 is 0. The fourth-order valence-corrected chi connectivity index (χ4v) is 1.17. The van der Waals surface area contributed by atoms with Crippen LogP contribution in [0.25, 0.3) is 0 Å². The normalized spacial score (nSPS) is 10.2. The van der Waals surface area contributed by atoms with E-state index in [1.807, 2.05) is 19.9 Å². The Morgan fingerprint density at radius 2 is 2.33 bits per heavy atom. The van der Waals surface area contributed by atoms with Gasteiger partial charge in [-0.05, 0) is 19.9 Å². The van der Waals surface area contributed by atoms with Gasteiger partial charge in [-0.2, -0.15) is 0 Å². The average Bonchev–Trinajstić information content (AvgIpc) is 2.31. The largest absolute Gasteiger partial charge is 0.466 e. The molecule has 12 heavy (non-hydrogen) atoms. The topological polar surface area (TPSA) is 25.2 Å². The predicted molar refractivity (Wildman–Crippen MR) is 50.1 cm³/mol. The first-order valence-corrected chi connectivity index (χ1v) is 4.11. The Labute approximate surface area is 73.3 Å². The minimum atomic E-state index is 0.837. The van der Waals surface area contributed by atoms with Gasteiger partial charge < -0.3 is 9.73 Å². The quantitative estimate of drug-likeness (QED) is 0.546. The third kappa shape index (κ3) is 2.24. The lowest BCUT2D eigenvalue weighted by Crippen LogP contribution is -2.12. The molecule has 0 saturated carbocycles. The van der Waals surface area contributed by atoms with Crippen LogP contribution in [0.5, 0.6) is 0 Å². The van der Waals surface area contributed by atoms with Crippen LogP contribution in [0.15, 0.2) is 23.1 Å². The van der Waals surface area contributed by atoms with Gasteiger partial charge in [-0.15, -0.1) is 6.58 Å². The fraction of sp³-hybridized carbons (Fsp3) is 0.400. The van der Waals surface area contributed by atoms with Gasteiger partial charge in [0.1, 0.15) is 11.5 Å². The van der Waals surface area contributed by atoms with Gasteiger partial charge >= 0.3 is 0 Å². The summed E-state index contributed by atoms with van der Waals surface area (Å²) in [4.78, 5) is 0.